The van der Waals surface area contributed by atoms with Crippen LogP contribution in [0.15, 0.2) is 91.0 Å². The van der Waals surface area contributed by atoms with Gasteiger partial charge in [0, 0.05) is 0 Å². The van der Waals surface area contributed by atoms with Crippen molar-refractivity contribution >= 4 is 0 Å². The van der Waals surface area contributed by atoms with Gasteiger partial charge in [0.25, 0.3) is 0 Å². The maximum absolute atomic E-state index is 6.41. The summed E-state index contributed by atoms with van der Waals surface area (Å²) in [4.78, 5) is 0. The SMILES string of the molecule is CC1OC[C@@H](OCc2ccccc2)[C@@H](OCc2ccccc2)[C@@H]1OCc1ccccc1. The van der Waals surface area contributed by atoms with Crippen molar-refractivity contribution in [2.24, 2.45) is 0 Å². The average molecular weight is 419 g/mol. The number of rotatable bonds is 9. The lowest BCUT2D eigenvalue weighted by Crippen LogP contribution is -2.55. The van der Waals surface area contributed by atoms with Gasteiger partial charge in [-0.2, -0.15) is 0 Å². The molecule has 3 aromatic rings. The van der Waals surface area contributed by atoms with Crippen molar-refractivity contribution in [1.29, 1.82) is 0 Å². The molecule has 0 radical (unpaired) electrons. The van der Waals surface area contributed by atoms with E-state index in [-0.39, 0.29) is 24.4 Å². The number of ether oxygens (including phenoxy) is 4. The molecule has 0 aromatic heterocycles. The first-order valence-corrected chi connectivity index (χ1v) is 10.9. The van der Waals surface area contributed by atoms with Crippen LogP contribution >= 0.6 is 0 Å². The minimum Gasteiger partial charge on any atom is -0.373 e. The molecule has 1 aliphatic heterocycles. The van der Waals surface area contributed by atoms with Gasteiger partial charge in [-0.25, -0.2) is 0 Å². The predicted molar refractivity (Wildman–Crippen MR) is 120 cm³/mol. The molecule has 0 saturated carbocycles. The Morgan fingerprint density at radius 3 is 1.52 bits per heavy atom. The third-order valence-corrected chi connectivity index (χ3v) is 5.55. The third-order valence-electron chi connectivity index (χ3n) is 5.55. The predicted octanol–water partition coefficient (Wildman–Crippen LogP) is 5.16. The highest BCUT2D eigenvalue weighted by Crippen LogP contribution is 2.26. The number of benzene rings is 3. The molecule has 0 spiro atoms. The first-order valence-electron chi connectivity index (χ1n) is 10.9. The van der Waals surface area contributed by atoms with Gasteiger partial charge < -0.3 is 18.9 Å². The first kappa shape index (κ1) is 21.7. The van der Waals surface area contributed by atoms with E-state index in [0.717, 1.165) is 16.7 Å². The van der Waals surface area contributed by atoms with E-state index in [9.17, 15) is 0 Å². The Kier molecular flexibility index (Phi) is 7.86. The zero-order valence-electron chi connectivity index (χ0n) is 17.9. The quantitative estimate of drug-likeness (QED) is 0.481. The van der Waals surface area contributed by atoms with Gasteiger partial charge in [-0.05, 0) is 23.6 Å². The Morgan fingerprint density at radius 1 is 0.613 bits per heavy atom. The van der Waals surface area contributed by atoms with Crippen molar-refractivity contribution < 1.29 is 18.9 Å². The largest absolute Gasteiger partial charge is 0.373 e. The molecule has 4 heteroatoms. The summed E-state index contributed by atoms with van der Waals surface area (Å²) < 4.78 is 25.0. The highest BCUT2D eigenvalue weighted by Gasteiger charge is 2.41. The van der Waals surface area contributed by atoms with E-state index in [0.29, 0.717) is 26.4 Å². The van der Waals surface area contributed by atoms with Crippen LogP contribution in [0.4, 0.5) is 0 Å². The second kappa shape index (κ2) is 11.2. The van der Waals surface area contributed by atoms with Gasteiger partial charge in [0.15, 0.2) is 0 Å². The molecule has 1 aliphatic rings. The van der Waals surface area contributed by atoms with E-state index in [2.05, 4.69) is 36.4 Å². The third kappa shape index (κ3) is 6.25. The fourth-order valence-corrected chi connectivity index (χ4v) is 3.80. The second-order valence-electron chi connectivity index (χ2n) is 7.90. The van der Waals surface area contributed by atoms with Crippen LogP contribution < -0.4 is 0 Å². The normalized spacial score (nSPS) is 23.5. The standard InChI is InChI=1S/C27H30O4/c1-21-26(30-18-23-13-7-3-8-14-23)27(31-19-24-15-9-4-10-16-24)25(20-28-21)29-17-22-11-5-2-6-12-22/h2-16,21,25-27H,17-20H2,1H3/t21?,25-,26-,27-/m1/s1. The van der Waals surface area contributed by atoms with E-state index in [4.69, 9.17) is 18.9 Å². The van der Waals surface area contributed by atoms with Gasteiger partial charge in [0.05, 0.1) is 32.5 Å². The van der Waals surface area contributed by atoms with Gasteiger partial charge in [-0.1, -0.05) is 91.0 Å². The molecular formula is C27H30O4. The first-order chi connectivity index (χ1) is 15.3. The molecule has 0 aliphatic carbocycles. The molecule has 1 unspecified atom stereocenters. The number of hydrogen-bond acceptors (Lipinski definition) is 4. The number of hydrogen-bond donors (Lipinski definition) is 0. The van der Waals surface area contributed by atoms with Crippen molar-refractivity contribution in [3.8, 4) is 0 Å². The second-order valence-corrected chi connectivity index (χ2v) is 7.90. The van der Waals surface area contributed by atoms with E-state index in [1.165, 1.54) is 0 Å². The van der Waals surface area contributed by atoms with E-state index >= 15 is 0 Å². The molecule has 162 valence electrons. The molecule has 1 fully saturated rings. The van der Waals surface area contributed by atoms with Crippen LogP contribution in [0.2, 0.25) is 0 Å². The Bertz CT molecular complexity index is 885. The van der Waals surface area contributed by atoms with Crippen molar-refractivity contribution in [1.82, 2.24) is 0 Å². The van der Waals surface area contributed by atoms with Crippen LogP contribution in [0.1, 0.15) is 23.6 Å². The zero-order valence-corrected chi connectivity index (χ0v) is 17.9. The summed E-state index contributed by atoms with van der Waals surface area (Å²) in [6.45, 7) is 4.06. The van der Waals surface area contributed by atoms with Crippen LogP contribution in [-0.2, 0) is 38.8 Å². The fourth-order valence-electron chi connectivity index (χ4n) is 3.80. The lowest BCUT2D eigenvalue weighted by Gasteiger charge is -2.41. The van der Waals surface area contributed by atoms with Crippen molar-refractivity contribution in [3.05, 3.63) is 108 Å². The summed E-state index contributed by atoms with van der Waals surface area (Å²) in [5.74, 6) is 0. The lowest BCUT2D eigenvalue weighted by atomic mass is 10.00. The molecule has 0 bridgehead atoms. The average Bonchev–Trinajstić information content (AvgIpc) is 2.83. The van der Waals surface area contributed by atoms with Gasteiger partial charge in [-0.15, -0.1) is 0 Å². The topological polar surface area (TPSA) is 36.9 Å². The summed E-state index contributed by atoms with van der Waals surface area (Å²) in [5.41, 5.74) is 3.39. The minimum absolute atomic E-state index is 0.0824. The monoisotopic (exact) mass is 418 g/mol. The Balaban J connectivity index is 1.46. The molecule has 0 N–H and O–H groups in total. The van der Waals surface area contributed by atoms with Gasteiger partial charge in [0.1, 0.15) is 18.3 Å². The van der Waals surface area contributed by atoms with Crippen molar-refractivity contribution in [3.63, 3.8) is 0 Å². The molecular weight excluding hydrogens is 388 g/mol. The zero-order chi connectivity index (χ0) is 21.3. The van der Waals surface area contributed by atoms with Gasteiger partial charge in [-0.3, -0.25) is 0 Å². The smallest absolute Gasteiger partial charge is 0.115 e. The van der Waals surface area contributed by atoms with Crippen LogP contribution in [0.25, 0.3) is 0 Å². The molecule has 4 rings (SSSR count). The maximum atomic E-state index is 6.41. The summed E-state index contributed by atoms with van der Waals surface area (Å²) in [6, 6.07) is 30.6. The van der Waals surface area contributed by atoms with Crippen molar-refractivity contribution in [2.45, 2.75) is 51.2 Å². The molecule has 1 saturated heterocycles. The highest BCUT2D eigenvalue weighted by molar-refractivity contribution is 5.15. The molecule has 4 atom stereocenters. The fraction of sp³-hybridized carbons (Fsp3) is 0.333. The lowest BCUT2D eigenvalue weighted by molar-refractivity contribution is -0.234. The Hall–Kier alpha value is -2.50. The van der Waals surface area contributed by atoms with Gasteiger partial charge >= 0.3 is 0 Å². The van der Waals surface area contributed by atoms with Crippen LogP contribution in [0.5, 0.6) is 0 Å². The maximum Gasteiger partial charge on any atom is 0.115 e. The van der Waals surface area contributed by atoms with Crippen LogP contribution in [-0.4, -0.2) is 31.0 Å². The molecule has 0 amide bonds. The van der Waals surface area contributed by atoms with E-state index in [1.54, 1.807) is 0 Å². The van der Waals surface area contributed by atoms with Crippen molar-refractivity contribution in [2.75, 3.05) is 6.61 Å². The Labute approximate surface area is 184 Å². The van der Waals surface area contributed by atoms with Crippen LogP contribution in [0.3, 0.4) is 0 Å². The summed E-state index contributed by atoms with van der Waals surface area (Å²) in [7, 11) is 0. The molecule has 31 heavy (non-hydrogen) atoms. The molecule has 1 heterocycles. The van der Waals surface area contributed by atoms with Crippen LogP contribution in [0, 0.1) is 0 Å². The Morgan fingerprint density at radius 2 is 1.03 bits per heavy atom. The van der Waals surface area contributed by atoms with E-state index < -0.39 is 0 Å². The summed E-state index contributed by atoms with van der Waals surface area (Å²) in [6.07, 6.45) is -0.739. The minimum atomic E-state index is -0.226. The molecule has 4 nitrogen and oxygen atoms in total. The highest BCUT2D eigenvalue weighted by atomic mass is 16.6. The van der Waals surface area contributed by atoms with Gasteiger partial charge in [0.2, 0.25) is 0 Å². The van der Waals surface area contributed by atoms with E-state index in [1.807, 2.05) is 61.5 Å². The summed E-state index contributed by atoms with van der Waals surface area (Å²) in [5, 5.41) is 0. The molecule has 3 aromatic carbocycles. The summed E-state index contributed by atoms with van der Waals surface area (Å²) >= 11 is 0.